The first-order valence-electron chi connectivity index (χ1n) is 9.53. The molecule has 1 N–H and O–H groups in total. The van der Waals surface area contributed by atoms with Gasteiger partial charge in [-0.05, 0) is 48.0 Å². The van der Waals surface area contributed by atoms with Crippen LogP contribution in [0.2, 0.25) is 0 Å². The van der Waals surface area contributed by atoms with Crippen LogP contribution in [0.25, 0.3) is 11.1 Å². The fourth-order valence-electron chi connectivity index (χ4n) is 2.95. The van der Waals surface area contributed by atoms with Crippen LogP contribution in [-0.2, 0) is 12.7 Å². The number of anilines is 1. The number of nitrogens with zero attached hydrogens (tertiary/aromatic N) is 2. The smallest absolute Gasteiger partial charge is 0.433 e. The molecule has 2 aromatic heterocycles. The molecule has 2 aromatic carbocycles. The molecule has 0 saturated carbocycles. The predicted molar refractivity (Wildman–Crippen MR) is 113 cm³/mol. The Hall–Kier alpha value is -3.87. The summed E-state index contributed by atoms with van der Waals surface area (Å²) in [6, 6.07) is 23.4. The van der Waals surface area contributed by atoms with Crippen LogP contribution in [0, 0.1) is 0 Å². The van der Waals surface area contributed by atoms with Gasteiger partial charge < -0.3 is 10.1 Å². The molecule has 31 heavy (non-hydrogen) atoms. The van der Waals surface area contributed by atoms with Crippen LogP contribution >= 0.6 is 0 Å². The van der Waals surface area contributed by atoms with Crippen molar-refractivity contribution in [1.82, 2.24) is 9.97 Å². The number of nitrogens with one attached hydrogen (secondary N) is 1. The average Bonchev–Trinajstić information content (AvgIpc) is 2.79. The quantitative estimate of drug-likeness (QED) is 0.383. The summed E-state index contributed by atoms with van der Waals surface area (Å²) in [7, 11) is 0. The van der Waals surface area contributed by atoms with Crippen LogP contribution in [0.15, 0.2) is 91.3 Å². The van der Waals surface area contributed by atoms with Gasteiger partial charge in [0.15, 0.2) is 0 Å². The fourth-order valence-corrected chi connectivity index (χ4v) is 2.95. The molecular weight excluding hydrogens is 403 g/mol. The minimum absolute atomic E-state index is 0.290. The van der Waals surface area contributed by atoms with Crippen molar-refractivity contribution < 1.29 is 17.9 Å². The Morgan fingerprint density at radius 2 is 1.58 bits per heavy atom. The molecule has 0 fully saturated rings. The van der Waals surface area contributed by atoms with E-state index in [0.29, 0.717) is 23.7 Å². The van der Waals surface area contributed by atoms with Crippen LogP contribution in [0.4, 0.5) is 18.9 Å². The first-order chi connectivity index (χ1) is 15.0. The Labute approximate surface area is 177 Å². The van der Waals surface area contributed by atoms with Gasteiger partial charge in [0, 0.05) is 23.6 Å². The Kier molecular flexibility index (Phi) is 5.84. The maximum atomic E-state index is 12.8. The van der Waals surface area contributed by atoms with Crippen molar-refractivity contribution in [2.45, 2.75) is 12.7 Å². The molecule has 0 aliphatic heterocycles. The van der Waals surface area contributed by atoms with Gasteiger partial charge in [-0.1, -0.05) is 36.4 Å². The number of alkyl halides is 3. The maximum absolute atomic E-state index is 12.8. The number of benzene rings is 2. The number of hydrogen-bond acceptors (Lipinski definition) is 4. The third-order valence-electron chi connectivity index (χ3n) is 4.50. The summed E-state index contributed by atoms with van der Waals surface area (Å²) in [6.45, 7) is 0.290. The van der Waals surface area contributed by atoms with Crippen molar-refractivity contribution in [3.05, 3.63) is 103 Å². The number of para-hydroxylation sites is 1. The van der Waals surface area contributed by atoms with Crippen molar-refractivity contribution >= 4 is 5.69 Å². The van der Waals surface area contributed by atoms with Crippen molar-refractivity contribution in [3.8, 4) is 22.6 Å². The maximum Gasteiger partial charge on any atom is 0.433 e. The van der Waals surface area contributed by atoms with Gasteiger partial charge in [0.1, 0.15) is 17.2 Å². The van der Waals surface area contributed by atoms with Crippen LogP contribution in [-0.4, -0.2) is 9.97 Å². The fraction of sp³-hybridized carbons (Fsp3) is 0.0833. The third kappa shape index (κ3) is 5.39. The van der Waals surface area contributed by atoms with E-state index in [1.807, 2.05) is 66.7 Å². The van der Waals surface area contributed by atoms with Gasteiger partial charge in [0.25, 0.3) is 0 Å². The normalized spacial score (nSPS) is 11.2. The van der Waals surface area contributed by atoms with Crippen LogP contribution in [0.5, 0.6) is 11.5 Å². The first kappa shape index (κ1) is 20.4. The zero-order valence-electron chi connectivity index (χ0n) is 16.3. The lowest BCUT2D eigenvalue weighted by atomic mass is 10.1. The Balaban J connectivity index is 1.42. The zero-order valence-corrected chi connectivity index (χ0v) is 16.3. The molecule has 0 amide bonds. The molecular formula is C24H18F3N3O. The highest BCUT2D eigenvalue weighted by molar-refractivity contribution is 5.64. The molecule has 4 rings (SSSR count). The molecule has 7 heteroatoms. The topological polar surface area (TPSA) is 47.0 Å². The zero-order chi connectivity index (χ0) is 21.7. The molecule has 4 nitrogen and oxygen atoms in total. The summed E-state index contributed by atoms with van der Waals surface area (Å²) in [5.41, 5.74) is 1.96. The van der Waals surface area contributed by atoms with E-state index in [9.17, 15) is 13.2 Å². The van der Waals surface area contributed by atoms with E-state index in [1.165, 1.54) is 6.07 Å². The highest BCUT2D eigenvalue weighted by Crippen LogP contribution is 2.29. The number of rotatable bonds is 6. The lowest BCUT2D eigenvalue weighted by Gasteiger charge is -2.10. The van der Waals surface area contributed by atoms with Crippen LogP contribution in [0.1, 0.15) is 11.4 Å². The third-order valence-corrected chi connectivity index (χ3v) is 4.50. The SMILES string of the molecule is FC(F)(F)c1cc(NCc2ccc(-c3cccc(Oc4ccccc4)c3)cn2)ccn1. The van der Waals surface area contributed by atoms with Crippen molar-refractivity contribution in [3.63, 3.8) is 0 Å². The molecule has 156 valence electrons. The van der Waals surface area contributed by atoms with E-state index in [-0.39, 0.29) is 0 Å². The molecule has 0 atom stereocenters. The predicted octanol–water partition coefficient (Wildman–Crippen LogP) is 6.57. The van der Waals surface area contributed by atoms with Gasteiger partial charge in [-0.25, -0.2) is 0 Å². The van der Waals surface area contributed by atoms with E-state index >= 15 is 0 Å². The number of ether oxygens (including phenoxy) is 1. The monoisotopic (exact) mass is 421 g/mol. The van der Waals surface area contributed by atoms with Crippen LogP contribution < -0.4 is 10.1 Å². The van der Waals surface area contributed by atoms with Gasteiger partial charge >= 0.3 is 6.18 Å². The number of halogens is 3. The second kappa shape index (κ2) is 8.87. The van der Waals surface area contributed by atoms with Crippen LogP contribution in [0.3, 0.4) is 0 Å². The lowest BCUT2D eigenvalue weighted by Crippen LogP contribution is -2.09. The molecule has 0 unspecified atom stereocenters. The summed E-state index contributed by atoms with van der Waals surface area (Å²) in [6.07, 6.45) is -1.62. The van der Waals surface area contributed by atoms with Gasteiger partial charge in [0.05, 0.1) is 12.2 Å². The summed E-state index contributed by atoms with van der Waals surface area (Å²) >= 11 is 0. The number of hydrogen-bond donors (Lipinski definition) is 1. The van der Waals surface area contributed by atoms with Crippen molar-refractivity contribution in [1.29, 1.82) is 0 Å². The molecule has 0 saturated heterocycles. The Morgan fingerprint density at radius 3 is 2.32 bits per heavy atom. The number of pyridine rings is 2. The van der Waals surface area contributed by atoms with Gasteiger partial charge in [-0.2, -0.15) is 13.2 Å². The van der Waals surface area contributed by atoms with Crippen molar-refractivity contribution in [2.75, 3.05) is 5.32 Å². The van der Waals surface area contributed by atoms with E-state index in [2.05, 4.69) is 15.3 Å². The molecule has 0 aliphatic rings. The van der Waals surface area contributed by atoms with E-state index < -0.39 is 11.9 Å². The summed E-state index contributed by atoms with van der Waals surface area (Å²) in [4.78, 5) is 7.77. The second-order valence-corrected chi connectivity index (χ2v) is 6.76. The summed E-state index contributed by atoms with van der Waals surface area (Å²) < 4.78 is 44.2. The molecule has 0 aliphatic carbocycles. The molecule has 0 bridgehead atoms. The minimum atomic E-state index is -4.48. The molecule has 4 aromatic rings. The highest BCUT2D eigenvalue weighted by atomic mass is 19.4. The van der Waals surface area contributed by atoms with Crippen molar-refractivity contribution in [2.24, 2.45) is 0 Å². The standard InChI is InChI=1S/C24H18F3N3O/c25-24(26,27)23-14-19(11-12-28-23)30-16-20-10-9-18(15-29-20)17-5-4-8-22(13-17)31-21-6-2-1-3-7-21/h1-15H,16H2,(H,28,30). The van der Waals surface area contributed by atoms with Gasteiger partial charge in [0.2, 0.25) is 0 Å². The van der Waals surface area contributed by atoms with Gasteiger partial charge in [-0.3, -0.25) is 9.97 Å². The van der Waals surface area contributed by atoms with E-state index in [4.69, 9.17) is 4.74 Å². The van der Waals surface area contributed by atoms with Gasteiger partial charge in [-0.15, -0.1) is 0 Å². The first-order valence-corrected chi connectivity index (χ1v) is 9.53. The largest absolute Gasteiger partial charge is 0.457 e. The highest BCUT2D eigenvalue weighted by Gasteiger charge is 2.32. The number of aromatic nitrogens is 2. The molecule has 0 spiro atoms. The average molecular weight is 421 g/mol. The second-order valence-electron chi connectivity index (χ2n) is 6.76. The summed E-state index contributed by atoms with van der Waals surface area (Å²) in [5.74, 6) is 1.47. The minimum Gasteiger partial charge on any atom is -0.457 e. The Bertz CT molecular complexity index is 1150. The Morgan fingerprint density at radius 1 is 0.774 bits per heavy atom. The van der Waals surface area contributed by atoms with E-state index in [0.717, 1.165) is 29.1 Å². The van der Waals surface area contributed by atoms with E-state index in [1.54, 1.807) is 6.20 Å². The lowest BCUT2D eigenvalue weighted by molar-refractivity contribution is -0.141. The molecule has 0 radical (unpaired) electrons. The summed E-state index contributed by atoms with van der Waals surface area (Å²) in [5, 5.41) is 2.95. The molecule has 2 heterocycles.